The Bertz CT molecular complexity index is 343. The molecule has 0 bridgehead atoms. The summed E-state index contributed by atoms with van der Waals surface area (Å²) >= 11 is 0. The maximum Gasteiger partial charge on any atom is 0.411 e. The Morgan fingerprint density at radius 1 is 1.32 bits per heavy atom. The number of rotatable bonds is 8. The average Bonchev–Trinajstić information content (AvgIpc) is 2.38. The Labute approximate surface area is 111 Å². The van der Waals surface area contributed by atoms with Crippen LogP contribution in [0.25, 0.3) is 0 Å². The van der Waals surface area contributed by atoms with Crippen molar-refractivity contribution in [2.24, 2.45) is 0 Å². The number of alkyl halides is 3. The SMILES string of the molecule is CCCNC(CCOCC(F)(F)F)c1ccncc1. The molecule has 0 aliphatic carbocycles. The van der Waals surface area contributed by atoms with Crippen LogP contribution < -0.4 is 5.32 Å². The minimum atomic E-state index is -4.26. The monoisotopic (exact) mass is 276 g/mol. The molecule has 0 spiro atoms. The summed E-state index contributed by atoms with van der Waals surface area (Å²) in [6.07, 6.45) is 0.549. The molecule has 1 heterocycles. The normalized spacial score (nSPS) is 13.5. The summed E-state index contributed by atoms with van der Waals surface area (Å²) in [6.45, 7) is 1.73. The largest absolute Gasteiger partial charge is 0.411 e. The first kappa shape index (κ1) is 15.9. The number of hydrogen-bond donors (Lipinski definition) is 1. The van der Waals surface area contributed by atoms with Crippen molar-refractivity contribution in [1.29, 1.82) is 0 Å². The fourth-order valence-corrected chi connectivity index (χ4v) is 1.69. The lowest BCUT2D eigenvalue weighted by Crippen LogP contribution is -2.25. The summed E-state index contributed by atoms with van der Waals surface area (Å²) in [7, 11) is 0. The van der Waals surface area contributed by atoms with Crippen molar-refractivity contribution in [3.05, 3.63) is 30.1 Å². The van der Waals surface area contributed by atoms with Crippen LogP contribution in [-0.2, 0) is 4.74 Å². The van der Waals surface area contributed by atoms with E-state index in [2.05, 4.69) is 15.0 Å². The molecule has 108 valence electrons. The second-order valence-corrected chi connectivity index (χ2v) is 4.24. The molecule has 0 amide bonds. The van der Waals surface area contributed by atoms with Gasteiger partial charge in [0, 0.05) is 25.0 Å². The summed E-state index contributed by atoms with van der Waals surface area (Å²) < 4.78 is 40.5. The molecule has 0 radical (unpaired) electrons. The summed E-state index contributed by atoms with van der Waals surface area (Å²) in [5, 5.41) is 3.29. The van der Waals surface area contributed by atoms with E-state index >= 15 is 0 Å². The molecule has 1 rings (SSSR count). The summed E-state index contributed by atoms with van der Waals surface area (Å²) in [5.74, 6) is 0. The molecule has 3 nitrogen and oxygen atoms in total. The number of aromatic nitrogens is 1. The van der Waals surface area contributed by atoms with E-state index in [4.69, 9.17) is 0 Å². The molecule has 1 aromatic rings. The van der Waals surface area contributed by atoms with Gasteiger partial charge in [0.05, 0.1) is 0 Å². The Morgan fingerprint density at radius 2 is 2.00 bits per heavy atom. The highest BCUT2D eigenvalue weighted by Crippen LogP contribution is 2.18. The van der Waals surface area contributed by atoms with E-state index < -0.39 is 12.8 Å². The van der Waals surface area contributed by atoms with Gasteiger partial charge in [0.15, 0.2) is 0 Å². The van der Waals surface area contributed by atoms with Gasteiger partial charge in [-0.15, -0.1) is 0 Å². The molecule has 0 saturated carbocycles. The molecule has 1 aromatic heterocycles. The fraction of sp³-hybridized carbons (Fsp3) is 0.615. The van der Waals surface area contributed by atoms with E-state index in [-0.39, 0.29) is 12.6 Å². The first-order valence-corrected chi connectivity index (χ1v) is 6.30. The molecular formula is C13H19F3N2O. The molecule has 1 unspecified atom stereocenters. The Balaban J connectivity index is 2.42. The molecule has 0 aliphatic heterocycles. The van der Waals surface area contributed by atoms with E-state index in [1.54, 1.807) is 12.4 Å². The third-order valence-electron chi connectivity index (χ3n) is 2.57. The van der Waals surface area contributed by atoms with E-state index in [1.807, 2.05) is 19.1 Å². The minimum absolute atomic E-state index is 0.00353. The van der Waals surface area contributed by atoms with Crippen LogP contribution in [0, 0.1) is 0 Å². The highest BCUT2D eigenvalue weighted by molar-refractivity contribution is 5.14. The summed E-state index contributed by atoms with van der Waals surface area (Å²) in [5.41, 5.74) is 1.01. The van der Waals surface area contributed by atoms with E-state index in [0.29, 0.717) is 6.42 Å². The van der Waals surface area contributed by atoms with Crippen LogP contribution in [0.5, 0.6) is 0 Å². The van der Waals surface area contributed by atoms with Crippen LogP contribution in [-0.4, -0.2) is 30.9 Å². The third-order valence-corrected chi connectivity index (χ3v) is 2.57. The van der Waals surface area contributed by atoms with Gasteiger partial charge in [0.25, 0.3) is 0 Å². The van der Waals surface area contributed by atoms with Gasteiger partial charge < -0.3 is 10.1 Å². The average molecular weight is 276 g/mol. The number of ether oxygens (including phenoxy) is 1. The van der Waals surface area contributed by atoms with Gasteiger partial charge >= 0.3 is 6.18 Å². The molecule has 0 fully saturated rings. The van der Waals surface area contributed by atoms with Crippen molar-refractivity contribution in [1.82, 2.24) is 10.3 Å². The lowest BCUT2D eigenvalue weighted by molar-refractivity contribution is -0.174. The molecule has 1 atom stereocenters. The fourth-order valence-electron chi connectivity index (χ4n) is 1.69. The lowest BCUT2D eigenvalue weighted by Gasteiger charge is -2.19. The Hall–Kier alpha value is -1.14. The third kappa shape index (κ3) is 7.12. The standard InChI is InChI=1S/C13H19F3N2O/c1-2-6-18-12(11-3-7-17-8-4-11)5-9-19-10-13(14,15)16/h3-4,7-8,12,18H,2,5-6,9-10H2,1H3. The van der Waals surface area contributed by atoms with Gasteiger partial charge in [-0.05, 0) is 37.1 Å². The zero-order valence-corrected chi connectivity index (χ0v) is 10.9. The first-order valence-electron chi connectivity index (χ1n) is 6.30. The van der Waals surface area contributed by atoms with Crippen LogP contribution in [0.1, 0.15) is 31.4 Å². The van der Waals surface area contributed by atoms with Crippen LogP contribution in [0.2, 0.25) is 0 Å². The number of nitrogens with one attached hydrogen (secondary N) is 1. The van der Waals surface area contributed by atoms with Crippen LogP contribution in [0.15, 0.2) is 24.5 Å². The second-order valence-electron chi connectivity index (χ2n) is 4.24. The number of nitrogens with zero attached hydrogens (tertiary/aromatic N) is 1. The quantitative estimate of drug-likeness (QED) is 0.741. The van der Waals surface area contributed by atoms with Crippen molar-refractivity contribution in [2.45, 2.75) is 32.0 Å². The van der Waals surface area contributed by atoms with Gasteiger partial charge in [-0.1, -0.05) is 6.92 Å². The molecular weight excluding hydrogens is 257 g/mol. The molecule has 0 aliphatic rings. The smallest absolute Gasteiger partial charge is 0.372 e. The second kappa shape index (κ2) is 8.12. The van der Waals surface area contributed by atoms with Crippen molar-refractivity contribution in [2.75, 3.05) is 19.8 Å². The predicted molar refractivity (Wildman–Crippen MR) is 66.8 cm³/mol. The summed E-state index contributed by atoms with van der Waals surface area (Å²) in [6, 6.07) is 3.71. The minimum Gasteiger partial charge on any atom is -0.372 e. The van der Waals surface area contributed by atoms with Crippen LogP contribution >= 0.6 is 0 Å². The molecule has 19 heavy (non-hydrogen) atoms. The number of hydrogen-bond acceptors (Lipinski definition) is 3. The van der Waals surface area contributed by atoms with Crippen molar-refractivity contribution in [3.8, 4) is 0 Å². The molecule has 0 aromatic carbocycles. The Morgan fingerprint density at radius 3 is 2.58 bits per heavy atom. The van der Waals surface area contributed by atoms with E-state index in [1.165, 1.54) is 0 Å². The van der Waals surface area contributed by atoms with E-state index in [9.17, 15) is 13.2 Å². The molecule has 0 saturated heterocycles. The van der Waals surface area contributed by atoms with E-state index in [0.717, 1.165) is 18.5 Å². The lowest BCUT2D eigenvalue weighted by atomic mass is 10.1. The predicted octanol–water partition coefficient (Wildman–Crippen LogP) is 3.09. The van der Waals surface area contributed by atoms with Gasteiger partial charge in [-0.3, -0.25) is 4.98 Å². The number of halogens is 3. The maximum atomic E-state index is 12.0. The molecule has 6 heteroatoms. The highest BCUT2D eigenvalue weighted by atomic mass is 19.4. The Kier molecular flexibility index (Phi) is 6.80. The number of pyridine rings is 1. The zero-order chi connectivity index (χ0) is 14.1. The van der Waals surface area contributed by atoms with Gasteiger partial charge in [-0.25, -0.2) is 0 Å². The maximum absolute atomic E-state index is 12.0. The summed E-state index contributed by atoms with van der Waals surface area (Å²) in [4.78, 5) is 3.93. The highest BCUT2D eigenvalue weighted by Gasteiger charge is 2.27. The zero-order valence-electron chi connectivity index (χ0n) is 10.9. The van der Waals surface area contributed by atoms with Crippen molar-refractivity contribution in [3.63, 3.8) is 0 Å². The van der Waals surface area contributed by atoms with Gasteiger partial charge in [0.2, 0.25) is 0 Å². The van der Waals surface area contributed by atoms with Crippen LogP contribution in [0.3, 0.4) is 0 Å². The first-order chi connectivity index (χ1) is 9.03. The van der Waals surface area contributed by atoms with Gasteiger partial charge in [0.1, 0.15) is 6.61 Å². The van der Waals surface area contributed by atoms with Crippen molar-refractivity contribution >= 4 is 0 Å². The van der Waals surface area contributed by atoms with Gasteiger partial charge in [-0.2, -0.15) is 13.2 Å². The van der Waals surface area contributed by atoms with Crippen LogP contribution in [0.4, 0.5) is 13.2 Å². The molecule has 1 N–H and O–H groups in total. The topological polar surface area (TPSA) is 34.1 Å². The van der Waals surface area contributed by atoms with Crippen molar-refractivity contribution < 1.29 is 17.9 Å².